The third kappa shape index (κ3) is 9.96. The van der Waals surface area contributed by atoms with Crippen LogP contribution in [0.2, 0.25) is 0 Å². The highest BCUT2D eigenvalue weighted by Crippen LogP contribution is 2.17. The molecule has 1 aromatic rings. The van der Waals surface area contributed by atoms with Crippen LogP contribution in [0.1, 0.15) is 37.7 Å². The number of piperidine rings is 1. The number of terminal acetylenes is 1. The van der Waals surface area contributed by atoms with Gasteiger partial charge in [-0.3, -0.25) is 4.79 Å². The van der Waals surface area contributed by atoms with Crippen molar-refractivity contribution < 1.29 is 9.53 Å². The predicted molar refractivity (Wildman–Crippen MR) is 124 cm³/mol. The number of ether oxygens (including phenoxy) is 1. The van der Waals surface area contributed by atoms with E-state index in [0.29, 0.717) is 13.0 Å². The number of amides is 1. The van der Waals surface area contributed by atoms with Crippen molar-refractivity contribution in [3.63, 3.8) is 0 Å². The Kier molecular flexibility index (Phi) is 14.2. The van der Waals surface area contributed by atoms with Crippen LogP contribution in [0.3, 0.4) is 0 Å². The normalized spacial score (nSPS) is 16.1. The van der Waals surface area contributed by atoms with E-state index in [1.54, 1.807) is 0 Å². The van der Waals surface area contributed by atoms with Gasteiger partial charge in [-0.25, -0.2) is 0 Å². The lowest BCUT2D eigenvalue weighted by Crippen LogP contribution is -2.40. The second-order valence-corrected chi connectivity index (χ2v) is 6.33. The molecular weight excluding hydrogens is 390 g/mol. The minimum absolute atomic E-state index is 0. The van der Waals surface area contributed by atoms with Crippen molar-refractivity contribution in [2.75, 3.05) is 19.6 Å². The maximum Gasteiger partial charge on any atom is 0.237 e. The van der Waals surface area contributed by atoms with E-state index < -0.39 is 6.04 Å². The van der Waals surface area contributed by atoms with Gasteiger partial charge >= 0.3 is 0 Å². The molecule has 1 aromatic carbocycles. The van der Waals surface area contributed by atoms with Gasteiger partial charge in [-0.1, -0.05) is 17.9 Å². The molecule has 28 heavy (non-hydrogen) atoms. The Bertz CT molecular complexity index is 689. The average molecular weight is 422 g/mol. The number of benzene rings is 1. The van der Waals surface area contributed by atoms with Crippen molar-refractivity contribution in [2.45, 2.75) is 44.2 Å². The molecule has 1 heterocycles. The van der Waals surface area contributed by atoms with Gasteiger partial charge in [0.2, 0.25) is 5.91 Å². The van der Waals surface area contributed by atoms with Gasteiger partial charge in [0.15, 0.2) is 0 Å². The van der Waals surface area contributed by atoms with Gasteiger partial charge < -0.3 is 21.1 Å². The summed E-state index contributed by atoms with van der Waals surface area (Å²) in [5.74, 6) is 9.31. The minimum Gasteiger partial charge on any atom is -0.489 e. The molecule has 1 aliphatic heterocycles. The van der Waals surface area contributed by atoms with Crippen molar-refractivity contribution in [3.8, 4) is 29.9 Å². The molecule has 0 bridgehead atoms. The van der Waals surface area contributed by atoms with Crippen LogP contribution in [0.4, 0.5) is 0 Å². The number of hydrogen-bond acceptors (Lipinski definition) is 4. The predicted octanol–water partition coefficient (Wildman–Crippen LogP) is 1.64. The summed E-state index contributed by atoms with van der Waals surface area (Å²) in [5.41, 5.74) is 6.56. The van der Waals surface area contributed by atoms with Crippen LogP contribution in [-0.2, 0) is 4.79 Å². The van der Waals surface area contributed by atoms with E-state index in [9.17, 15) is 4.79 Å². The van der Waals surface area contributed by atoms with Gasteiger partial charge in [0.1, 0.15) is 11.9 Å². The zero-order chi connectivity index (χ0) is 18.6. The van der Waals surface area contributed by atoms with E-state index in [1.165, 1.54) is 0 Å². The molecule has 0 saturated carbocycles. The summed E-state index contributed by atoms with van der Waals surface area (Å²) in [5, 5.41) is 6.11. The van der Waals surface area contributed by atoms with Gasteiger partial charge in [-0.2, -0.15) is 27.0 Å². The minimum atomic E-state index is -0.631. The Labute approximate surface area is 182 Å². The molecule has 7 heteroatoms. The van der Waals surface area contributed by atoms with E-state index in [4.69, 9.17) is 16.9 Å². The van der Waals surface area contributed by atoms with Crippen molar-refractivity contribution in [2.24, 2.45) is 5.73 Å². The van der Waals surface area contributed by atoms with Gasteiger partial charge in [0.25, 0.3) is 0 Å². The molecule has 0 spiro atoms. The largest absolute Gasteiger partial charge is 0.489 e. The summed E-state index contributed by atoms with van der Waals surface area (Å²) in [6, 6.07) is 7.24. The lowest BCUT2D eigenvalue weighted by atomic mass is 10.1. The maximum atomic E-state index is 11.6. The number of carbonyl (C=O) groups is 1. The quantitative estimate of drug-likeness (QED) is 0.462. The first-order valence-corrected chi connectivity index (χ1v) is 9.12. The number of rotatable bonds is 7. The van der Waals surface area contributed by atoms with E-state index in [1.807, 2.05) is 24.3 Å². The zero-order valence-corrected chi connectivity index (χ0v) is 18.1. The topological polar surface area (TPSA) is 76.4 Å². The first-order valence-electron chi connectivity index (χ1n) is 9.12. The molecule has 0 aromatic heterocycles. The molecule has 0 aliphatic carbocycles. The van der Waals surface area contributed by atoms with Crippen molar-refractivity contribution >= 4 is 32.9 Å². The standard InChI is InChI=1S/C21H27N3O2.2H2S/c1-2-8-20(22)21(25)24-14-5-3-4-9-17-10-6-11-18(15-17)26-19-12-7-13-23-16-19;;/h1,6,10-11,15,19-20,23H,3,5,7-8,12-14,16,22H2,(H,24,25);2*1H2/t19-,20-;;/m0../s1. The molecular formula is C21H31N3O2S2. The van der Waals surface area contributed by atoms with Crippen molar-refractivity contribution in [1.29, 1.82) is 0 Å². The fraction of sp³-hybridized carbons (Fsp3) is 0.476. The van der Waals surface area contributed by atoms with Crippen LogP contribution in [0.25, 0.3) is 0 Å². The summed E-state index contributed by atoms with van der Waals surface area (Å²) in [6.07, 6.45) is 9.32. The highest BCUT2D eigenvalue weighted by Gasteiger charge is 2.14. The lowest BCUT2D eigenvalue weighted by molar-refractivity contribution is -0.122. The van der Waals surface area contributed by atoms with E-state index in [0.717, 1.165) is 43.7 Å². The molecule has 2 rings (SSSR count). The van der Waals surface area contributed by atoms with Crippen LogP contribution < -0.4 is 21.1 Å². The Morgan fingerprint density at radius 1 is 1.43 bits per heavy atom. The third-order valence-electron chi connectivity index (χ3n) is 4.07. The highest BCUT2D eigenvalue weighted by atomic mass is 32.1. The zero-order valence-electron chi connectivity index (χ0n) is 16.1. The number of hydrogen-bond donors (Lipinski definition) is 3. The van der Waals surface area contributed by atoms with Crippen molar-refractivity contribution in [1.82, 2.24) is 10.6 Å². The molecule has 0 unspecified atom stereocenters. The molecule has 1 aliphatic rings. The second kappa shape index (κ2) is 15.2. The smallest absolute Gasteiger partial charge is 0.237 e. The third-order valence-corrected chi connectivity index (χ3v) is 4.07. The van der Waals surface area contributed by atoms with Gasteiger partial charge in [-0.15, -0.1) is 12.3 Å². The fourth-order valence-electron chi connectivity index (χ4n) is 2.66. The Hall–Kier alpha value is -1.77. The van der Waals surface area contributed by atoms with Gasteiger partial charge in [0, 0.05) is 31.5 Å². The molecule has 0 radical (unpaired) electrons. The number of nitrogens with one attached hydrogen (secondary N) is 2. The van der Waals surface area contributed by atoms with Crippen LogP contribution >= 0.6 is 27.0 Å². The van der Waals surface area contributed by atoms with Crippen molar-refractivity contribution in [3.05, 3.63) is 29.8 Å². The molecule has 1 fully saturated rings. The molecule has 1 saturated heterocycles. The lowest BCUT2D eigenvalue weighted by Gasteiger charge is -2.23. The molecule has 154 valence electrons. The Balaban J connectivity index is 0.00000364. The summed E-state index contributed by atoms with van der Waals surface area (Å²) >= 11 is 0. The molecule has 5 nitrogen and oxygen atoms in total. The number of carbonyl (C=O) groups excluding carboxylic acids is 1. The Morgan fingerprint density at radius 3 is 2.96 bits per heavy atom. The van der Waals surface area contributed by atoms with Gasteiger partial charge in [0.05, 0.1) is 6.04 Å². The van der Waals surface area contributed by atoms with E-state index >= 15 is 0 Å². The van der Waals surface area contributed by atoms with Gasteiger partial charge in [-0.05, 0) is 44.0 Å². The van der Waals surface area contributed by atoms with Crippen LogP contribution in [0.5, 0.6) is 5.75 Å². The van der Waals surface area contributed by atoms with E-state index in [2.05, 4.69) is 28.4 Å². The molecule has 1 amide bonds. The first-order chi connectivity index (χ1) is 12.7. The molecule has 2 atom stereocenters. The fourth-order valence-corrected chi connectivity index (χ4v) is 2.66. The second-order valence-electron chi connectivity index (χ2n) is 6.33. The summed E-state index contributed by atoms with van der Waals surface area (Å²) in [6.45, 7) is 2.51. The monoisotopic (exact) mass is 421 g/mol. The molecule has 4 N–H and O–H groups in total. The Morgan fingerprint density at radius 2 is 2.25 bits per heavy atom. The van der Waals surface area contributed by atoms with Crippen LogP contribution in [0, 0.1) is 24.2 Å². The summed E-state index contributed by atoms with van der Waals surface area (Å²) < 4.78 is 6.01. The highest BCUT2D eigenvalue weighted by molar-refractivity contribution is 7.59. The first kappa shape index (κ1) is 26.2. The summed E-state index contributed by atoms with van der Waals surface area (Å²) in [4.78, 5) is 11.6. The van der Waals surface area contributed by atoms with Crippen LogP contribution in [0.15, 0.2) is 24.3 Å². The summed E-state index contributed by atoms with van der Waals surface area (Å²) in [7, 11) is 0. The van der Waals surface area contributed by atoms with E-state index in [-0.39, 0.29) is 45.4 Å². The maximum absolute atomic E-state index is 11.6. The van der Waals surface area contributed by atoms with Crippen LogP contribution in [-0.4, -0.2) is 37.7 Å². The number of unbranched alkanes of at least 4 members (excludes halogenated alkanes) is 1. The SMILES string of the molecule is C#CC[C@H](N)C(=O)NCCCC#Cc1cccc(O[C@H]2CCCNC2)c1.S.S. The number of nitrogens with two attached hydrogens (primary N) is 1. The average Bonchev–Trinajstić information content (AvgIpc) is 2.65.